The van der Waals surface area contributed by atoms with Crippen LogP contribution in [0.25, 0.3) is 0 Å². The first-order valence-electron chi connectivity index (χ1n) is 5.05. The zero-order valence-electron chi connectivity index (χ0n) is 9.61. The summed E-state index contributed by atoms with van der Waals surface area (Å²) in [5.41, 5.74) is 2.27. The molecule has 0 fully saturated rings. The summed E-state index contributed by atoms with van der Waals surface area (Å²) in [6.07, 6.45) is 0.119. The van der Waals surface area contributed by atoms with E-state index in [-0.39, 0.29) is 6.10 Å². The first kappa shape index (κ1) is 12.1. The molecule has 0 spiro atoms. The second-order valence-corrected chi connectivity index (χ2v) is 4.01. The Hall–Kier alpha value is -0.995. The minimum atomic E-state index is -1.42. The molecule has 0 aliphatic carbocycles. The fourth-order valence-corrected chi connectivity index (χ4v) is 1.47. The summed E-state index contributed by atoms with van der Waals surface area (Å²) in [5.74, 6) is 0.798. The van der Waals surface area contributed by atoms with E-state index >= 15 is 0 Å². The van der Waals surface area contributed by atoms with Crippen molar-refractivity contribution in [3.8, 4) is 5.75 Å². The molecule has 0 saturated heterocycles. The Bertz CT molecular complexity index is 348. The summed E-state index contributed by atoms with van der Waals surface area (Å²) >= 11 is 0. The minimum absolute atomic E-state index is 0.119. The van der Waals surface area contributed by atoms with Crippen molar-refractivity contribution in [2.45, 2.75) is 33.8 Å². The molecule has 0 amide bonds. The van der Waals surface area contributed by atoms with Gasteiger partial charge in [0.2, 0.25) is 0 Å². The maximum atomic E-state index is 9.12. The van der Waals surface area contributed by atoms with E-state index in [0.717, 1.165) is 16.9 Å². The Kier molecular flexibility index (Phi) is 3.77. The van der Waals surface area contributed by atoms with Crippen molar-refractivity contribution in [3.63, 3.8) is 0 Å². The van der Waals surface area contributed by atoms with E-state index < -0.39 is 7.12 Å². The monoisotopic (exact) mass is 208 g/mol. The van der Waals surface area contributed by atoms with E-state index in [4.69, 9.17) is 14.8 Å². The van der Waals surface area contributed by atoms with Crippen molar-refractivity contribution in [2.24, 2.45) is 0 Å². The molecule has 0 aromatic heterocycles. The van der Waals surface area contributed by atoms with Crippen molar-refractivity contribution < 1.29 is 14.8 Å². The highest BCUT2D eigenvalue weighted by atomic mass is 16.5. The smallest absolute Gasteiger partial charge is 0.488 e. The fraction of sp³-hybridized carbons (Fsp3) is 0.455. The molecule has 2 N–H and O–H groups in total. The van der Waals surface area contributed by atoms with Crippen molar-refractivity contribution >= 4 is 12.6 Å². The largest absolute Gasteiger partial charge is 0.491 e. The quantitative estimate of drug-likeness (QED) is 0.721. The highest BCUT2D eigenvalue weighted by molar-refractivity contribution is 6.59. The Morgan fingerprint density at radius 2 is 1.73 bits per heavy atom. The summed E-state index contributed by atoms with van der Waals surface area (Å²) in [6, 6.07) is 3.59. The molecule has 0 aliphatic rings. The topological polar surface area (TPSA) is 49.7 Å². The number of rotatable bonds is 3. The molecule has 0 radical (unpaired) electrons. The van der Waals surface area contributed by atoms with Gasteiger partial charge in [0.1, 0.15) is 5.75 Å². The predicted molar refractivity (Wildman–Crippen MR) is 61.5 cm³/mol. The van der Waals surface area contributed by atoms with Crippen LogP contribution in [0.5, 0.6) is 5.75 Å². The van der Waals surface area contributed by atoms with Crippen molar-refractivity contribution in [2.75, 3.05) is 0 Å². The van der Waals surface area contributed by atoms with Crippen LogP contribution in [0.1, 0.15) is 25.0 Å². The molecule has 0 aliphatic heterocycles. The molecular weight excluding hydrogens is 191 g/mol. The van der Waals surface area contributed by atoms with Gasteiger partial charge in [-0.15, -0.1) is 0 Å². The van der Waals surface area contributed by atoms with Gasteiger partial charge in [-0.3, -0.25) is 0 Å². The third-order valence-corrected chi connectivity index (χ3v) is 2.20. The van der Waals surface area contributed by atoms with Gasteiger partial charge < -0.3 is 14.8 Å². The van der Waals surface area contributed by atoms with Crippen LogP contribution in [0.2, 0.25) is 0 Å². The van der Waals surface area contributed by atoms with Crippen LogP contribution in [0.4, 0.5) is 0 Å². The Labute approximate surface area is 90.9 Å². The molecule has 0 saturated carbocycles. The van der Waals surface area contributed by atoms with Gasteiger partial charge in [0.05, 0.1) is 6.10 Å². The van der Waals surface area contributed by atoms with E-state index in [1.54, 1.807) is 6.07 Å². The third kappa shape index (κ3) is 2.98. The van der Waals surface area contributed by atoms with Crippen LogP contribution >= 0.6 is 0 Å². The van der Waals surface area contributed by atoms with Gasteiger partial charge in [-0.25, -0.2) is 0 Å². The maximum Gasteiger partial charge on any atom is 0.488 e. The van der Waals surface area contributed by atoms with E-state index in [1.165, 1.54) is 0 Å². The summed E-state index contributed by atoms with van der Waals surface area (Å²) in [5, 5.41) is 18.2. The van der Waals surface area contributed by atoms with Gasteiger partial charge in [-0.05, 0) is 50.4 Å². The number of aryl methyl sites for hydroxylation is 2. The van der Waals surface area contributed by atoms with Crippen LogP contribution in [0, 0.1) is 13.8 Å². The summed E-state index contributed by atoms with van der Waals surface area (Å²) in [6.45, 7) is 7.65. The number of benzene rings is 1. The van der Waals surface area contributed by atoms with Crippen LogP contribution < -0.4 is 10.2 Å². The number of ether oxygens (including phenoxy) is 1. The normalized spacial score (nSPS) is 10.6. The molecule has 15 heavy (non-hydrogen) atoms. The number of hydrogen-bond acceptors (Lipinski definition) is 3. The van der Waals surface area contributed by atoms with Crippen molar-refractivity contribution in [1.29, 1.82) is 0 Å². The standard InChI is InChI=1S/C11H17BO3/c1-7(2)15-11-6-8(3)10(12(13)14)5-9(11)4/h5-7,13-14H,1-4H3. The first-order chi connectivity index (χ1) is 6.91. The average molecular weight is 208 g/mol. The molecule has 1 rings (SSSR count). The molecular formula is C11H17BO3. The van der Waals surface area contributed by atoms with Gasteiger partial charge in [-0.2, -0.15) is 0 Å². The van der Waals surface area contributed by atoms with E-state index in [0.29, 0.717) is 5.46 Å². The summed E-state index contributed by atoms with van der Waals surface area (Å²) < 4.78 is 5.60. The molecule has 0 bridgehead atoms. The third-order valence-electron chi connectivity index (χ3n) is 2.20. The zero-order chi connectivity index (χ0) is 11.6. The fourth-order valence-electron chi connectivity index (χ4n) is 1.47. The Morgan fingerprint density at radius 1 is 1.13 bits per heavy atom. The molecule has 0 heterocycles. The maximum absolute atomic E-state index is 9.12. The molecule has 1 aromatic rings. The molecule has 0 atom stereocenters. The molecule has 3 nitrogen and oxygen atoms in total. The van der Waals surface area contributed by atoms with Gasteiger partial charge in [0.25, 0.3) is 0 Å². The van der Waals surface area contributed by atoms with Gasteiger partial charge in [0.15, 0.2) is 0 Å². The van der Waals surface area contributed by atoms with Gasteiger partial charge in [-0.1, -0.05) is 6.07 Å². The van der Waals surface area contributed by atoms with Gasteiger partial charge >= 0.3 is 7.12 Å². The Morgan fingerprint density at radius 3 is 2.20 bits per heavy atom. The highest BCUT2D eigenvalue weighted by Crippen LogP contribution is 2.19. The number of hydrogen-bond donors (Lipinski definition) is 2. The average Bonchev–Trinajstić information content (AvgIpc) is 2.09. The first-order valence-corrected chi connectivity index (χ1v) is 5.05. The summed E-state index contributed by atoms with van der Waals surface area (Å²) in [4.78, 5) is 0. The van der Waals surface area contributed by atoms with Crippen LogP contribution in [0.15, 0.2) is 12.1 Å². The lowest BCUT2D eigenvalue weighted by Crippen LogP contribution is -2.32. The van der Waals surface area contributed by atoms with Crippen LogP contribution in [-0.2, 0) is 0 Å². The lowest BCUT2D eigenvalue weighted by molar-refractivity contribution is 0.240. The van der Waals surface area contributed by atoms with Crippen molar-refractivity contribution in [1.82, 2.24) is 0 Å². The lowest BCUT2D eigenvalue weighted by atomic mass is 9.76. The summed E-state index contributed by atoms with van der Waals surface area (Å²) in [7, 11) is -1.42. The van der Waals surface area contributed by atoms with Crippen LogP contribution in [-0.4, -0.2) is 23.3 Å². The van der Waals surface area contributed by atoms with E-state index in [2.05, 4.69) is 0 Å². The molecule has 4 heteroatoms. The molecule has 82 valence electrons. The van der Waals surface area contributed by atoms with Crippen LogP contribution in [0.3, 0.4) is 0 Å². The van der Waals surface area contributed by atoms with E-state index in [1.807, 2.05) is 33.8 Å². The van der Waals surface area contributed by atoms with Gasteiger partial charge in [0, 0.05) is 0 Å². The minimum Gasteiger partial charge on any atom is -0.491 e. The molecule has 1 aromatic carbocycles. The molecule has 0 unspecified atom stereocenters. The highest BCUT2D eigenvalue weighted by Gasteiger charge is 2.16. The second kappa shape index (κ2) is 4.68. The zero-order valence-corrected chi connectivity index (χ0v) is 9.61. The lowest BCUT2D eigenvalue weighted by Gasteiger charge is -2.15. The van der Waals surface area contributed by atoms with Crippen molar-refractivity contribution in [3.05, 3.63) is 23.3 Å². The predicted octanol–water partition coefficient (Wildman–Crippen LogP) is 0.770. The second-order valence-electron chi connectivity index (χ2n) is 4.01. The SMILES string of the molecule is Cc1cc(B(O)O)c(C)cc1OC(C)C. The van der Waals surface area contributed by atoms with E-state index in [9.17, 15) is 0 Å². The Balaban J connectivity index is 3.08.